The Bertz CT molecular complexity index is 769. The molecule has 1 aliphatic carbocycles. The van der Waals surface area contributed by atoms with Crippen LogP contribution in [0.25, 0.3) is 0 Å². The minimum Gasteiger partial charge on any atom is -0.325 e. The average molecular weight is 365 g/mol. The van der Waals surface area contributed by atoms with E-state index in [0.717, 1.165) is 38.5 Å². The molecule has 0 aromatic heterocycles. The second kappa shape index (κ2) is 7.82. The number of hydrogen-bond acceptors (Lipinski definition) is 4. The van der Waals surface area contributed by atoms with Crippen molar-refractivity contribution in [2.45, 2.75) is 57.0 Å². The first-order valence-corrected chi connectivity index (χ1v) is 10.2. The number of Topliss-reactive ketones (excluding diaryl/α,β-unsaturated/α-hetero) is 1. The van der Waals surface area contributed by atoms with Crippen molar-refractivity contribution in [3.63, 3.8) is 0 Å². The zero-order valence-electron chi connectivity index (χ0n) is 15.7. The van der Waals surface area contributed by atoms with Crippen molar-refractivity contribution >= 4 is 11.7 Å². The van der Waals surface area contributed by atoms with Crippen molar-refractivity contribution < 1.29 is 9.59 Å². The summed E-state index contributed by atoms with van der Waals surface area (Å²) < 4.78 is 0. The summed E-state index contributed by atoms with van der Waals surface area (Å²) in [5.41, 5.74) is 2.78. The topological polar surface area (TPSA) is 73.2 Å². The van der Waals surface area contributed by atoms with Crippen LogP contribution in [0.1, 0.15) is 43.2 Å². The third kappa shape index (κ3) is 3.64. The molecule has 0 spiro atoms. The number of benzene rings is 1. The van der Waals surface area contributed by atoms with Gasteiger partial charge < -0.3 is 10.2 Å². The van der Waals surface area contributed by atoms with Crippen LogP contribution in [0.2, 0.25) is 0 Å². The van der Waals surface area contributed by atoms with Crippen LogP contribution >= 0.6 is 0 Å². The van der Waals surface area contributed by atoms with E-state index in [1.165, 1.54) is 11.1 Å². The molecule has 4 rings (SSSR count). The lowest BCUT2D eigenvalue weighted by Crippen LogP contribution is -2.49. The van der Waals surface area contributed by atoms with Gasteiger partial charge >= 0.3 is 0 Å². The van der Waals surface area contributed by atoms with Crippen LogP contribution in [0.4, 0.5) is 0 Å². The fraction of sp³-hybridized carbons (Fsp3) is 0.591. The number of amides is 1. The summed E-state index contributed by atoms with van der Waals surface area (Å²) in [6.07, 6.45) is 5.95. The SMILES string of the molecule is N#C[C@@H]1CCCN1C(=O)[C@@H]1NCCC1C(=O)CC1CCc2ccccc2C1. The number of carbonyl (C=O) groups is 2. The van der Waals surface area contributed by atoms with Gasteiger partial charge in [-0.1, -0.05) is 24.3 Å². The predicted molar refractivity (Wildman–Crippen MR) is 102 cm³/mol. The van der Waals surface area contributed by atoms with Crippen LogP contribution in [-0.2, 0) is 22.4 Å². The van der Waals surface area contributed by atoms with E-state index in [0.29, 0.717) is 25.4 Å². The molecule has 27 heavy (non-hydrogen) atoms. The third-order valence-corrected chi connectivity index (χ3v) is 6.53. The lowest BCUT2D eigenvalue weighted by atomic mass is 9.79. The van der Waals surface area contributed by atoms with Crippen molar-refractivity contribution in [3.05, 3.63) is 35.4 Å². The van der Waals surface area contributed by atoms with E-state index >= 15 is 0 Å². The van der Waals surface area contributed by atoms with E-state index in [4.69, 9.17) is 0 Å². The van der Waals surface area contributed by atoms with Crippen LogP contribution in [0.5, 0.6) is 0 Å². The van der Waals surface area contributed by atoms with E-state index in [2.05, 4.69) is 35.7 Å². The molecule has 1 N–H and O–H groups in total. The van der Waals surface area contributed by atoms with E-state index in [1.807, 2.05) is 0 Å². The fourth-order valence-electron chi connectivity index (χ4n) is 5.04. The van der Waals surface area contributed by atoms with Crippen LogP contribution in [0.15, 0.2) is 24.3 Å². The van der Waals surface area contributed by atoms with Crippen LogP contribution in [-0.4, -0.2) is 41.8 Å². The summed E-state index contributed by atoms with van der Waals surface area (Å²) in [4.78, 5) is 27.7. The first-order valence-electron chi connectivity index (χ1n) is 10.2. The van der Waals surface area contributed by atoms with Crippen molar-refractivity contribution in [2.24, 2.45) is 11.8 Å². The van der Waals surface area contributed by atoms with Gasteiger partial charge in [-0.3, -0.25) is 9.59 Å². The van der Waals surface area contributed by atoms with Gasteiger partial charge in [-0.2, -0.15) is 5.26 Å². The van der Waals surface area contributed by atoms with Crippen molar-refractivity contribution in [2.75, 3.05) is 13.1 Å². The first-order chi connectivity index (χ1) is 13.2. The summed E-state index contributed by atoms with van der Waals surface area (Å²) >= 11 is 0. The second-order valence-electron chi connectivity index (χ2n) is 8.19. The highest BCUT2D eigenvalue weighted by Crippen LogP contribution is 2.31. The third-order valence-electron chi connectivity index (χ3n) is 6.53. The van der Waals surface area contributed by atoms with Crippen LogP contribution in [0.3, 0.4) is 0 Å². The molecule has 2 saturated heterocycles. The number of likely N-dealkylation sites (tertiary alicyclic amines) is 1. The number of aryl methyl sites for hydroxylation is 1. The van der Waals surface area contributed by atoms with Gasteiger partial charge in [0.25, 0.3) is 0 Å². The molecule has 2 aliphatic heterocycles. The van der Waals surface area contributed by atoms with Crippen LogP contribution < -0.4 is 5.32 Å². The number of carbonyl (C=O) groups excluding carboxylic acids is 2. The second-order valence-corrected chi connectivity index (χ2v) is 8.19. The van der Waals surface area contributed by atoms with E-state index < -0.39 is 6.04 Å². The quantitative estimate of drug-likeness (QED) is 0.888. The number of nitriles is 1. The van der Waals surface area contributed by atoms with Crippen LogP contribution in [0, 0.1) is 23.2 Å². The number of nitrogens with one attached hydrogen (secondary N) is 1. The Labute approximate surface area is 160 Å². The average Bonchev–Trinajstić information content (AvgIpc) is 3.36. The smallest absolute Gasteiger partial charge is 0.241 e. The Morgan fingerprint density at radius 2 is 2.00 bits per heavy atom. The van der Waals surface area contributed by atoms with E-state index in [1.54, 1.807) is 4.90 Å². The normalized spacial score (nSPS) is 30.0. The Morgan fingerprint density at radius 3 is 2.81 bits per heavy atom. The highest BCUT2D eigenvalue weighted by Gasteiger charge is 2.42. The number of nitrogens with zero attached hydrogens (tertiary/aromatic N) is 2. The summed E-state index contributed by atoms with van der Waals surface area (Å²) in [7, 11) is 0. The predicted octanol–water partition coefficient (Wildman–Crippen LogP) is 2.24. The van der Waals surface area contributed by atoms with Gasteiger partial charge in [-0.05, 0) is 62.1 Å². The molecule has 0 radical (unpaired) electrons. The fourth-order valence-corrected chi connectivity index (χ4v) is 5.04. The molecule has 2 fully saturated rings. The lowest BCUT2D eigenvalue weighted by Gasteiger charge is -2.28. The Morgan fingerprint density at radius 1 is 1.19 bits per heavy atom. The summed E-state index contributed by atoms with van der Waals surface area (Å²) in [5, 5.41) is 12.5. The number of ketones is 1. The highest BCUT2D eigenvalue weighted by atomic mass is 16.2. The molecule has 1 amide bonds. The maximum absolute atomic E-state index is 13.0. The van der Waals surface area contributed by atoms with Gasteiger partial charge in [-0.15, -0.1) is 0 Å². The molecule has 2 unspecified atom stereocenters. The summed E-state index contributed by atoms with van der Waals surface area (Å²) in [6, 6.07) is 9.97. The zero-order chi connectivity index (χ0) is 18.8. The minimum absolute atomic E-state index is 0.0520. The summed E-state index contributed by atoms with van der Waals surface area (Å²) in [6.45, 7) is 1.33. The van der Waals surface area contributed by atoms with Gasteiger partial charge in [-0.25, -0.2) is 0 Å². The Balaban J connectivity index is 1.40. The van der Waals surface area contributed by atoms with Crippen molar-refractivity contribution in [1.29, 1.82) is 5.26 Å². The van der Waals surface area contributed by atoms with Gasteiger partial charge in [0.05, 0.1) is 12.1 Å². The largest absolute Gasteiger partial charge is 0.325 e. The Hall–Kier alpha value is -2.19. The van der Waals surface area contributed by atoms with E-state index in [9.17, 15) is 14.9 Å². The molecule has 1 aromatic rings. The zero-order valence-corrected chi connectivity index (χ0v) is 15.7. The number of fused-ring (bicyclic) bond motifs is 1. The molecule has 0 bridgehead atoms. The van der Waals surface area contributed by atoms with Gasteiger partial charge in [0, 0.05) is 18.9 Å². The standard InChI is InChI=1S/C22H27N3O2/c23-14-18-6-3-11-25(18)22(27)21-19(9-10-24-21)20(26)13-15-7-8-16-4-1-2-5-17(16)12-15/h1-2,4-5,15,18-19,21,24H,3,6-13H2/t15?,18-,19?,21+/m0/s1. The first kappa shape index (κ1) is 18.2. The molecule has 142 valence electrons. The van der Waals surface area contributed by atoms with Gasteiger partial charge in [0.15, 0.2) is 0 Å². The molecule has 3 aliphatic rings. The number of hydrogen-bond donors (Lipinski definition) is 1. The molecule has 5 nitrogen and oxygen atoms in total. The lowest BCUT2D eigenvalue weighted by molar-refractivity contribution is -0.137. The van der Waals surface area contributed by atoms with Crippen molar-refractivity contribution in [1.82, 2.24) is 10.2 Å². The Kier molecular flexibility index (Phi) is 5.27. The maximum Gasteiger partial charge on any atom is 0.241 e. The maximum atomic E-state index is 13.0. The number of rotatable bonds is 4. The van der Waals surface area contributed by atoms with E-state index in [-0.39, 0.29) is 23.7 Å². The van der Waals surface area contributed by atoms with Gasteiger partial charge in [0.2, 0.25) is 5.91 Å². The van der Waals surface area contributed by atoms with Gasteiger partial charge in [0.1, 0.15) is 11.8 Å². The monoisotopic (exact) mass is 365 g/mol. The molecule has 2 heterocycles. The van der Waals surface area contributed by atoms with Crippen molar-refractivity contribution in [3.8, 4) is 6.07 Å². The molecule has 4 atom stereocenters. The molecular weight excluding hydrogens is 338 g/mol. The minimum atomic E-state index is -0.442. The molecule has 1 aromatic carbocycles. The molecular formula is C22H27N3O2. The molecule has 0 saturated carbocycles. The molecule has 5 heteroatoms. The summed E-state index contributed by atoms with van der Waals surface area (Å²) in [5.74, 6) is 0.302. The highest BCUT2D eigenvalue weighted by molar-refractivity contribution is 5.92.